The van der Waals surface area contributed by atoms with Crippen molar-refractivity contribution in [3.05, 3.63) is 0 Å². The average molecular weight is 130 g/mol. The van der Waals surface area contributed by atoms with Gasteiger partial charge in [-0.2, -0.15) is 0 Å². The van der Waals surface area contributed by atoms with E-state index in [-0.39, 0.29) is 18.6 Å². The molecule has 53 valence electrons. The molecule has 9 heavy (non-hydrogen) atoms. The van der Waals surface area contributed by atoms with Gasteiger partial charge in [-0.15, -0.1) is 0 Å². The van der Waals surface area contributed by atoms with Gasteiger partial charge < -0.3 is 4.74 Å². The van der Waals surface area contributed by atoms with Gasteiger partial charge in [0.1, 0.15) is 6.10 Å². The van der Waals surface area contributed by atoms with Crippen molar-refractivity contribution in [3.63, 3.8) is 0 Å². The first-order chi connectivity index (χ1) is 4.20. The molecule has 1 radical (unpaired) electrons. The molecule has 0 aliphatic rings. The average Bonchev–Trinajstić information content (AvgIpc) is 1.82. The second-order valence-electron chi connectivity index (χ2n) is 1.84. The molecule has 0 amide bonds. The van der Waals surface area contributed by atoms with Gasteiger partial charge in [-0.3, -0.25) is 10.5 Å². The van der Waals surface area contributed by atoms with Crippen LogP contribution in [0.15, 0.2) is 0 Å². The fourth-order valence-electron chi connectivity index (χ4n) is 0.504. The van der Waals surface area contributed by atoms with Crippen molar-refractivity contribution in [2.24, 2.45) is 0 Å². The smallest absolute Gasteiger partial charge is 0.302 e. The van der Waals surface area contributed by atoms with Gasteiger partial charge in [0.2, 0.25) is 0 Å². The lowest BCUT2D eigenvalue weighted by Crippen LogP contribution is -2.19. The van der Waals surface area contributed by atoms with E-state index in [9.17, 15) is 4.79 Å². The number of carbonyl (C=O) groups excluding carboxylic acids is 1. The van der Waals surface area contributed by atoms with Crippen LogP contribution in [0.1, 0.15) is 20.3 Å². The molecule has 0 aromatic carbocycles. The molecule has 0 aromatic rings. The van der Waals surface area contributed by atoms with E-state index in [4.69, 9.17) is 10.5 Å². The molecule has 0 heterocycles. The molecule has 0 saturated carbocycles. The lowest BCUT2D eigenvalue weighted by molar-refractivity contribution is -0.146. The molecule has 0 aliphatic carbocycles. The number of rotatable bonds is 3. The summed E-state index contributed by atoms with van der Waals surface area (Å²) < 4.78 is 4.72. The molecule has 1 atom stereocenters. The first kappa shape index (κ1) is 8.43. The van der Waals surface area contributed by atoms with E-state index in [1.807, 2.05) is 6.92 Å². The topological polar surface area (TPSA) is 50.1 Å². The standard InChI is InChI=1S/C6H12NO2/c1-3-6(4-7)9-5(2)8/h6-7H,3-4H2,1-2H3. The Balaban J connectivity index is 3.43. The van der Waals surface area contributed by atoms with E-state index in [1.165, 1.54) is 6.92 Å². The van der Waals surface area contributed by atoms with Crippen LogP contribution in [0.5, 0.6) is 0 Å². The lowest BCUT2D eigenvalue weighted by atomic mass is 10.3. The molecule has 0 saturated heterocycles. The lowest BCUT2D eigenvalue weighted by Gasteiger charge is -2.10. The minimum atomic E-state index is -0.297. The van der Waals surface area contributed by atoms with Crippen LogP contribution in [0.4, 0.5) is 0 Å². The van der Waals surface area contributed by atoms with Crippen LogP contribution >= 0.6 is 0 Å². The molecule has 1 unspecified atom stereocenters. The highest BCUT2D eigenvalue weighted by Crippen LogP contribution is 1.95. The molecule has 0 aliphatic heterocycles. The Morgan fingerprint density at radius 3 is 2.44 bits per heavy atom. The number of nitrogens with one attached hydrogen (secondary N) is 1. The van der Waals surface area contributed by atoms with Crippen LogP contribution in [-0.4, -0.2) is 18.6 Å². The van der Waals surface area contributed by atoms with Gasteiger partial charge in [-0.25, -0.2) is 0 Å². The van der Waals surface area contributed by atoms with E-state index in [0.717, 1.165) is 6.42 Å². The molecular weight excluding hydrogens is 118 g/mol. The minimum absolute atomic E-state index is 0.163. The Morgan fingerprint density at radius 1 is 1.78 bits per heavy atom. The van der Waals surface area contributed by atoms with Crippen molar-refractivity contribution in [2.75, 3.05) is 6.54 Å². The third kappa shape index (κ3) is 3.97. The maximum atomic E-state index is 10.3. The highest BCUT2D eigenvalue weighted by atomic mass is 16.5. The van der Waals surface area contributed by atoms with E-state index >= 15 is 0 Å². The molecule has 0 fully saturated rings. The van der Waals surface area contributed by atoms with Crippen molar-refractivity contribution < 1.29 is 9.53 Å². The Kier molecular flexibility index (Phi) is 4.05. The van der Waals surface area contributed by atoms with Crippen molar-refractivity contribution in [1.82, 2.24) is 5.73 Å². The Hall–Kier alpha value is -0.570. The Bertz CT molecular complexity index is 89.1. The summed E-state index contributed by atoms with van der Waals surface area (Å²) in [4.78, 5) is 10.3. The summed E-state index contributed by atoms with van der Waals surface area (Å²) in [5.74, 6) is -0.297. The number of esters is 1. The van der Waals surface area contributed by atoms with E-state index < -0.39 is 0 Å². The fourth-order valence-corrected chi connectivity index (χ4v) is 0.504. The van der Waals surface area contributed by atoms with Gasteiger partial charge >= 0.3 is 5.97 Å². The minimum Gasteiger partial charge on any atom is -0.461 e. The normalized spacial score (nSPS) is 12.8. The maximum Gasteiger partial charge on any atom is 0.302 e. The van der Waals surface area contributed by atoms with Gasteiger partial charge in [0.05, 0.1) is 0 Å². The molecule has 0 spiro atoms. The van der Waals surface area contributed by atoms with Crippen LogP contribution in [0.2, 0.25) is 0 Å². The molecule has 1 N–H and O–H groups in total. The summed E-state index contributed by atoms with van der Waals surface area (Å²) in [5, 5.41) is 0. The van der Waals surface area contributed by atoms with Gasteiger partial charge in [-0.1, -0.05) is 6.92 Å². The molecular formula is C6H12NO2. The Morgan fingerprint density at radius 2 is 2.33 bits per heavy atom. The van der Waals surface area contributed by atoms with Gasteiger partial charge in [0.15, 0.2) is 0 Å². The second kappa shape index (κ2) is 4.32. The number of ether oxygens (including phenoxy) is 1. The molecule has 3 heteroatoms. The van der Waals surface area contributed by atoms with Crippen LogP contribution in [-0.2, 0) is 9.53 Å². The summed E-state index contributed by atoms with van der Waals surface area (Å²) in [6, 6.07) is 0. The number of hydrogen-bond donors (Lipinski definition) is 0. The fraction of sp³-hybridized carbons (Fsp3) is 0.833. The highest BCUT2D eigenvalue weighted by molar-refractivity contribution is 5.66. The van der Waals surface area contributed by atoms with Crippen molar-refractivity contribution in [3.8, 4) is 0 Å². The van der Waals surface area contributed by atoms with Gasteiger partial charge in [0.25, 0.3) is 0 Å². The van der Waals surface area contributed by atoms with Gasteiger partial charge in [0, 0.05) is 13.5 Å². The van der Waals surface area contributed by atoms with E-state index in [2.05, 4.69) is 0 Å². The summed E-state index contributed by atoms with van der Waals surface area (Å²) in [6.45, 7) is 3.41. The zero-order valence-electron chi connectivity index (χ0n) is 5.81. The summed E-state index contributed by atoms with van der Waals surface area (Å²) >= 11 is 0. The monoisotopic (exact) mass is 130 g/mol. The molecule has 0 aromatic heterocycles. The zero-order chi connectivity index (χ0) is 7.28. The van der Waals surface area contributed by atoms with Crippen LogP contribution in [0, 0.1) is 0 Å². The van der Waals surface area contributed by atoms with Crippen LogP contribution in [0.3, 0.4) is 0 Å². The van der Waals surface area contributed by atoms with Crippen molar-refractivity contribution in [2.45, 2.75) is 26.4 Å². The quantitative estimate of drug-likeness (QED) is 0.525. The largest absolute Gasteiger partial charge is 0.461 e. The second-order valence-corrected chi connectivity index (χ2v) is 1.84. The predicted molar refractivity (Wildman–Crippen MR) is 33.8 cm³/mol. The van der Waals surface area contributed by atoms with Gasteiger partial charge in [-0.05, 0) is 6.42 Å². The molecule has 0 rings (SSSR count). The first-order valence-electron chi connectivity index (χ1n) is 3.02. The van der Waals surface area contributed by atoms with Crippen molar-refractivity contribution >= 4 is 5.97 Å². The first-order valence-corrected chi connectivity index (χ1v) is 3.02. The zero-order valence-corrected chi connectivity index (χ0v) is 5.81. The van der Waals surface area contributed by atoms with Crippen molar-refractivity contribution in [1.29, 1.82) is 0 Å². The summed E-state index contributed by atoms with van der Waals surface area (Å²) in [5.41, 5.74) is 6.88. The van der Waals surface area contributed by atoms with Crippen LogP contribution < -0.4 is 5.73 Å². The SMILES string of the molecule is CCC(C[NH])OC(C)=O. The maximum absolute atomic E-state index is 10.3. The number of carbonyl (C=O) groups is 1. The van der Waals surface area contributed by atoms with Crippen LogP contribution in [0.25, 0.3) is 0 Å². The summed E-state index contributed by atoms with van der Waals surface area (Å²) in [7, 11) is 0. The third-order valence-corrected chi connectivity index (χ3v) is 1.02. The number of hydrogen-bond acceptors (Lipinski definition) is 2. The molecule has 0 bridgehead atoms. The Labute approximate surface area is 55.2 Å². The highest BCUT2D eigenvalue weighted by Gasteiger charge is 2.05. The van der Waals surface area contributed by atoms with E-state index in [1.54, 1.807) is 0 Å². The molecule has 3 nitrogen and oxygen atoms in total. The predicted octanol–water partition coefficient (Wildman–Crippen LogP) is 0.611. The third-order valence-electron chi connectivity index (χ3n) is 1.02. The van der Waals surface area contributed by atoms with E-state index in [0.29, 0.717) is 0 Å². The summed E-state index contributed by atoms with van der Waals surface area (Å²) in [6.07, 6.45) is 0.519.